The van der Waals surface area contributed by atoms with E-state index in [1.807, 2.05) is 0 Å². The van der Waals surface area contributed by atoms with Crippen molar-refractivity contribution in [3.63, 3.8) is 0 Å². The molecule has 1 unspecified atom stereocenters. The molecule has 1 atom stereocenters. The van der Waals surface area contributed by atoms with Gasteiger partial charge < -0.3 is 10.1 Å². The quantitative estimate of drug-likeness (QED) is 0.596. The number of nitrogens with one attached hydrogen (secondary N) is 1. The standard InChI is InChI=1S/C17H15F4NO2S/c1-10(12-5-8-15(24-2)14(18)9-12)22-16(23)11-3-6-13(7-4-11)25-17(19,20)21/h3-10H,1-2H3,(H,22,23). The highest BCUT2D eigenvalue weighted by Crippen LogP contribution is 2.36. The Morgan fingerprint density at radius 2 is 1.80 bits per heavy atom. The molecule has 2 aromatic carbocycles. The van der Waals surface area contributed by atoms with E-state index in [-0.39, 0.29) is 28.0 Å². The molecule has 0 saturated heterocycles. The van der Waals surface area contributed by atoms with Gasteiger partial charge >= 0.3 is 5.51 Å². The maximum absolute atomic E-state index is 13.7. The van der Waals surface area contributed by atoms with E-state index in [1.54, 1.807) is 13.0 Å². The largest absolute Gasteiger partial charge is 0.494 e. The summed E-state index contributed by atoms with van der Waals surface area (Å²) in [5, 5.41) is 2.67. The summed E-state index contributed by atoms with van der Waals surface area (Å²) in [5.74, 6) is -0.915. The van der Waals surface area contributed by atoms with E-state index in [0.717, 1.165) is 0 Å². The van der Waals surface area contributed by atoms with Crippen LogP contribution in [0.5, 0.6) is 5.75 Å². The fourth-order valence-corrected chi connectivity index (χ4v) is 2.66. The Balaban J connectivity index is 2.04. The molecule has 0 spiro atoms. The van der Waals surface area contributed by atoms with E-state index >= 15 is 0 Å². The first kappa shape index (κ1) is 19.1. The first-order valence-electron chi connectivity index (χ1n) is 7.19. The first-order valence-corrected chi connectivity index (χ1v) is 8.01. The third-order valence-electron chi connectivity index (χ3n) is 3.37. The molecule has 0 saturated carbocycles. The van der Waals surface area contributed by atoms with Gasteiger partial charge in [0.15, 0.2) is 11.6 Å². The smallest absolute Gasteiger partial charge is 0.446 e. The Kier molecular flexibility index (Phi) is 5.94. The number of carbonyl (C=O) groups excluding carboxylic acids is 1. The number of benzene rings is 2. The second-order valence-corrected chi connectivity index (χ2v) is 6.30. The minimum absolute atomic E-state index is 0.00526. The molecule has 0 aliphatic heterocycles. The lowest BCUT2D eigenvalue weighted by Crippen LogP contribution is -2.26. The lowest BCUT2D eigenvalue weighted by Gasteiger charge is -2.15. The van der Waals surface area contributed by atoms with E-state index in [0.29, 0.717) is 5.56 Å². The van der Waals surface area contributed by atoms with Crippen molar-refractivity contribution in [1.82, 2.24) is 5.32 Å². The Bertz CT molecular complexity index is 747. The molecule has 0 bridgehead atoms. The van der Waals surface area contributed by atoms with Crippen LogP contribution in [0, 0.1) is 5.82 Å². The third kappa shape index (κ3) is 5.38. The SMILES string of the molecule is COc1ccc(C(C)NC(=O)c2ccc(SC(F)(F)F)cc2)cc1F. The second kappa shape index (κ2) is 7.77. The van der Waals surface area contributed by atoms with Crippen molar-refractivity contribution in [3.05, 3.63) is 59.4 Å². The Morgan fingerprint density at radius 1 is 1.16 bits per heavy atom. The molecule has 1 amide bonds. The zero-order valence-corrected chi connectivity index (χ0v) is 14.2. The fourth-order valence-electron chi connectivity index (χ4n) is 2.12. The van der Waals surface area contributed by atoms with Crippen molar-refractivity contribution in [2.75, 3.05) is 7.11 Å². The number of hydrogen-bond acceptors (Lipinski definition) is 3. The molecule has 25 heavy (non-hydrogen) atoms. The zero-order chi connectivity index (χ0) is 18.6. The van der Waals surface area contributed by atoms with Crippen LogP contribution in [-0.2, 0) is 0 Å². The molecule has 1 N–H and O–H groups in total. The van der Waals surface area contributed by atoms with Gasteiger partial charge in [0.2, 0.25) is 0 Å². The molecule has 0 heterocycles. The van der Waals surface area contributed by atoms with Gasteiger partial charge in [0.1, 0.15) is 0 Å². The summed E-state index contributed by atoms with van der Waals surface area (Å²) in [6.45, 7) is 1.67. The maximum atomic E-state index is 13.7. The molecule has 0 aromatic heterocycles. The monoisotopic (exact) mass is 373 g/mol. The normalized spacial score (nSPS) is 12.6. The Labute approximate surface area is 146 Å². The second-order valence-electron chi connectivity index (χ2n) is 5.16. The van der Waals surface area contributed by atoms with Crippen LogP contribution in [0.4, 0.5) is 17.6 Å². The Morgan fingerprint density at radius 3 is 2.32 bits per heavy atom. The predicted octanol–water partition coefficient (Wildman–Crippen LogP) is 4.94. The van der Waals surface area contributed by atoms with Gasteiger partial charge in [-0.15, -0.1) is 0 Å². The van der Waals surface area contributed by atoms with Crippen LogP contribution in [0.1, 0.15) is 28.9 Å². The van der Waals surface area contributed by atoms with Gasteiger partial charge in [0.05, 0.1) is 13.2 Å². The van der Waals surface area contributed by atoms with Gasteiger partial charge in [0, 0.05) is 10.5 Å². The highest BCUT2D eigenvalue weighted by molar-refractivity contribution is 8.00. The van der Waals surface area contributed by atoms with E-state index in [9.17, 15) is 22.4 Å². The van der Waals surface area contributed by atoms with Crippen molar-refractivity contribution < 1.29 is 27.1 Å². The average molecular weight is 373 g/mol. The van der Waals surface area contributed by atoms with Crippen molar-refractivity contribution in [3.8, 4) is 5.75 Å². The maximum Gasteiger partial charge on any atom is 0.446 e. The van der Waals surface area contributed by atoms with Gasteiger partial charge in [-0.25, -0.2) is 4.39 Å². The van der Waals surface area contributed by atoms with Crippen LogP contribution in [0.25, 0.3) is 0 Å². The first-order chi connectivity index (χ1) is 11.7. The summed E-state index contributed by atoms with van der Waals surface area (Å²) in [5.41, 5.74) is -3.63. The van der Waals surface area contributed by atoms with E-state index in [1.165, 1.54) is 43.5 Å². The number of hydrogen-bond donors (Lipinski definition) is 1. The number of halogens is 4. The van der Waals surface area contributed by atoms with Gasteiger partial charge in [-0.1, -0.05) is 6.07 Å². The van der Waals surface area contributed by atoms with Gasteiger partial charge in [0.25, 0.3) is 5.91 Å². The molecule has 0 fully saturated rings. The van der Waals surface area contributed by atoms with Crippen LogP contribution < -0.4 is 10.1 Å². The van der Waals surface area contributed by atoms with E-state index in [2.05, 4.69) is 5.32 Å². The average Bonchev–Trinajstić information content (AvgIpc) is 2.53. The van der Waals surface area contributed by atoms with Gasteiger partial charge in [-0.05, 0) is 60.6 Å². The van der Waals surface area contributed by atoms with E-state index in [4.69, 9.17) is 4.74 Å². The van der Waals surface area contributed by atoms with Crippen LogP contribution in [0.2, 0.25) is 0 Å². The van der Waals surface area contributed by atoms with Gasteiger partial charge in [-0.2, -0.15) is 13.2 Å². The number of methoxy groups -OCH3 is 1. The molecule has 0 aliphatic carbocycles. The minimum Gasteiger partial charge on any atom is -0.494 e. The molecular formula is C17H15F4NO2S. The summed E-state index contributed by atoms with van der Waals surface area (Å²) in [7, 11) is 1.35. The molecule has 0 aliphatic rings. The third-order valence-corrected chi connectivity index (χ3v) is 4.11. The van der Waals surface area contributed by atoms with Crippen molar-refractivity contribution >= 4 is 17.7 Å². The summed E-state index contributed by atoms with van der Waals surface area (Å²) < 4.78 is 55.4. The van der Waals surface area contributed by atoms with Crippen LogP contribution >= 0.6 is 11.8 Å². The number of carbonyl (C=O) groups is 1. The summed E-state index contributed by atoms with van der Waals surface area (Å²) >= 11 is -0.248. The highest BCUT2D eigenvalue weighted by Gasteiger charge is 2.29. The topological polar surface area (TPSA) is 38.3 Å². The number of amides is 1. The molecule has 2 rings (SSSR count). The minimum atomic E-state index is -4.38. The predicted molar refractivity (Wildman–Crippen MR) is 87.2 cm³/mol. The van der Waals surface area contributed by atoms with Crippen LogP contribution in [0.15, 0.2) is 47.4 Å². The van der Waals surface area contributed by atoms with Crippen LogP contribution in [-0.4, -0.2) is 18.5 Å². The molecular weight excluding hydrogens is 358 g/mol. The fraction of sp³-hybridized carbons (Fsp3) is 0.235. The molecule has 8 heteroatoms. The molecule has 134 valence electrons. The van der Waals surface area contributed by atoms with Crippen molar-refractivity contribution in [2.45, 2.75) is 23.4 Å². The zero-order valence-electron chi connectivity index (χ0n) is 13.4. The lowest BCUT2D eigenvalue weighted by molar-refractivity contribution is -0.0328. The molecule has 0 radical (unpaired) electrons. The van der Waals surface area contributed by atoms with Crippen molar-refractivity contribution in [1.29, 1.82) is 0 Å². The van der Waals surface area contributed by atoms with E-state index < -0.39 is 23.3 Å². The number of rotatable bonds is 5. The summed E-state index contributed by atoms with van der Waals surface area (Å²) in [6, 6.07) is 8.92. The highest BCUT2D eigenvalue weighted by atomic mass is 32.2. The number of ether oxygens (including phenoxy) is 1. The molecule has 3 nitrogen and oxygen atoms in total. The van der Waals surface area contributed by atoms with Gasteiger partial charge in [-0.3, -0.25) is 4.79 Å². The summed E-state index contributed by atoms with van der Waals surface area (Å²) in [4.78, 5) is 12.2. The van der Waals surface area contributed by atoms with Crippen molar-refractivity contribution in [2.24, 2.45) is 0 Å². The van der Waals surface area contributed by atoms with Crippen LogP contribution in [0.3, 0.4) is 0 Å². The lowest BCUT2D eigenvalue weighted by atomic mass is 10.1. The number of thioether (sulfide) groups is 1. The molecule has 2 aromatic rings. The Hall–Kier alpha value is -2.22. The summed E-state index contributed by atoms with van der Waals surface area (Å²) in [6.07, 6.45) is 0. The number of alkyl halides is 3.